The van der Waals surface area contributed by atoms with Gasteiger partial charge in [-0.05, 0) is 54.7 Å². The van der Waals surface area contributed by atoms with Crippen molar-refractivity contribution >= 4 is 21.7 Å². The Kier molecular flexibility index (Phi) is 6.58. The average Bonchev–Trinajstić information content (AvgIpc) is 2.58. The van der Waals surface area contributed by atoms with Crippen molar-refractivity contribution in [1.29, 1.82) is 0 Å². The van der Waals surface area contributed by atoms with Crippen LogP contribution in [0.1, 0.15) is 41.3 Å². The normalized spacial score (nSPS) is 11.2. The van der Waals surface area contributed by atoms with Crippen LogP contribution in [0.2, 0.25) is 0 Å². The van der Waals surface area contributed by atoms with E-state index < -0.39 is 16.0 Å². The zero-order valence-corrected chi connectivity index (χ0v) is 15.1. The molecule has 134 valence electrons. The lowest BCUT2D eigenvalue weighted by molar-refractivity contribution is 0.0696. The highest BCUT2D eigenvalue weighted by molar-refractivity contribution is 7.92. The number of sulfonamides is 1. The molecule has 0 aliphatic heterocycles. The summed E-state index contributed by atoms with van der Waals surface area (Å²) in [6.45, 7) is 1.95. The van der Waals surface area contributed by atoms with E-state index in [2.05, 4.69) is 4.72 Å². The maximum Gasteiger partial charge on any atom is 0.335 e. The second-order valence-corrected chi connectivity index (χ2v) is 7.82. The molecule has 6 heteroatoms. The lowest BCUT2D eigenvalue weighted by Gasteiger charge is -2.09. The minimum Gasteiger partial charge on any atom is -0.478 e. The van der Waals surface area contributed by atoms with Crippen molar-refractivity contribution in [1.82, 2.24) is 0 Å². The molecule has 2 aromatic carbocycles. The van der Waals surface area contributed by atoms with Gasteiger partial charge < -0.3 is 5.11 Å². The summed E-state index contributed by atoms with van der Waals surface area (Å²) in [6.07, 6.45) is 2.85. The van der Waals surface area contributed by atoms with Gasteiger partial charge in [0.05, 0.1) is 11.3 Å². The van der Waals surface area contributed by atoms with E-state index in [1.807, 2.05) is 31.2 Å². The number of aryl methyl sites for hydroxylation is 2. The molecule has 2 rings (SSSR count). The minimum absolute atomic E-state index is 0.121. The van der Waals surface area contributed by atoms with Crippen molar-refractivity contribution in [3.05, 3.63) is 65.2 Å². The van der Waals surface area contributed by atoms with E-state index >= 15 is 0 Å². The summed E-state index contributed by atoms with van der Waals surface area (Å²) >= 11 is 0. The fourth-order valence-electron chi connectivity index (χ4n) is 2.50. The molecule has 0 saturated heterocycles. The highest BCUT2D eigenvalue weighted by Gasteiger charge is 2.10. The van der Waals surface area contributed by atoms with Gasteiger partial charge in [-0.3, -0.25) is 4.72 Å². The van der Waals surface area contributed by atoms with Crippen LogP contribution < -0.4 is 4.72 Å². The first-order valence-electron chi connectivity index (χ1n) is 8.31. The second-order valence-electron chi connectivity index (χ2n) is 5.98. The molecule has 0 atom stereocenters. The van der Waals surface area contributed by atoms with E-state index in [0.717, 1.165) is 17.5 Å². The van der Waals surface area contributed by atoms with Crippen LogP contribution in [0.3, 0.4) is 0 Å². The van der Waals surface area contributed by atoms with Crippen LogP contribution in [0.25, 0.3) is 0 Å². The number of carboxylic acids is 1. The molecular weight excluding hydrogens is 338 g/mol. The molecule has 0 aliphatic carbocycles. The van der Waals surface area contributed by atoms with Gasteiger partial charge in [-0.25, -0.2) is 13.2 Å². The van der Waals surface area contributed by atoms with E-state index in [1.54, 1.807) is 24.3 Å². The van der Waals surface area contributed by atoms with Crippen LogP contribution in [-0.4, -0.2) is 25.2 Å². The van der Waals surface area contributed by atoms with Gasteiger partial charge in [0, 0.05) is 5.69 Å². The monoisotopic (exact) mass is 361 g/mol. The molecule has 0 fully saturated rings. The summed E-state index contributed by atoms with van der Waals surface area (Å²) in [5, 5.41) is 9.04. The van der Waals surface area contributed by atoms with Crippen LogP contribution in [0.4, 0.5) is 5.69 Å². The van der Waals surface area contributed by atoms with Gasteiger partial charge >= 0.3 is 5.97 Å². The predicted octanol–water partition coefficient (Wildman–Crippen LogP) is 3.71. The number of hydrogen-bond acceptors (Lipinski definition) is 3. The lowest BCUT2D eigenvalue weighted by atomic mass is 10.0. The molecule has 0 spiro atoms. The van der Waals surface area contributed by atoms with Crippen LogP contribution in [-0.2, 0) is 22.9 Å². The molecule has 0 unspecified atom stereocenters. The third-order valence-electron chi connectivity index (χ3n) is 3.84. The van der Waals surface area contributed by atoms with Gasteiger partial charge in [-0.1, -0.05) is 37.6 Å². The summed E-state index contributed by atoms with van der Waals surface area (Å²) < 4.78 is 26.6. The fourth-order valence-corrected chi connectivity index (χ4v) is 3.76. The summed E-state index contributed by atoms with van der Waals surface area (Å²) in [7, 11) is -3.31. The molecule has 0 amide bonds. The summed E-state index contributed by atoms with van der Waals surface area (Å²) in [6, 6.07) is 14.2. The SMILES string of the molecule is CCCCS(=O)(=O)Nc1cccc(CCc2cccc(C(=O)O)c2)c1. The molecule has 5 nitrogen and oxygen atoms in total. The minimum atomic E-state index is -3.31. The largest absolute Gasteiger partial charge is 0.478 e. The van der Waals surface area contributed by atoms with Crippen molar-refractivity contribution in [2.45, 2.75) is 32.6 Å². The number of benzene rings is 2. The van der Waals surface area contributed by atoms with Gasteiger partial charge in [0.25, 0.3) is 0 Å². The number of carbonyl (C=O) groups is 1. The second kappa shape index (κ2) is 8.67. The Balaban J connectivity index is 2.02. The van der Waals surface area contributed by atoms with E-state index in [0.29, 0.717) is 24.9 Å². The quantitative estimate of drug-likeness (QED) is 0.713. The van der Waals surface area contributed by atoms with Gasteiger partial charge in [0.1, 0.15) is 0 Å². The summed E-state index contributed by atoms with van der Waals surface area (Å²) in [5.74, 6) is -0.819. The van der Waals surface area contributed by atoms with Crippen LogP contribution in [0.5, 0.6) is 0 Å². The molecular formula is C19H23NO4S. The van der Waals surface area contributed by atoms with Crippen molar-refractivity contribution in [3.8, 4) is 0 Å². The number of aromatic carboxylic acids is 1. The first kappa shape index (κ1) is 19.0. The third kappa shape index (κ3) is 6.23. The molecule has 25 heavy (non-hydrogen) atoms. The maximum absolute atomic E-state index is 12.0. The molecule has 0 aromatic heterocycles. The highest BCUT2D eigenvalue weighted by atomic mass is 32.2. The topological polar surface area (TPSA) is 83.5 Å². The number of nitrogens with one attached hydrogen (secondary N) is 1. The number of carboxylic acid groups (broad SMARTS) is 1. The number of rotatable bonds is 9. The van der Waals surface area contributed by atoms with E-state index in [1.165, 1.54) is 0 Å². The Morgan fingerprint density at radius 3 is 2.32 bits per heavy atom. The smallest absolute Gasteiger partial charge is 0.335 e. The first-order chi connectivity index (χ1) is 11.9. The van der Waals surface area contributed by atoms with Gasteiger partial charge in [-0.15, -0.1) is 0 Å². The van der Waals surface area contributed by atoms with E-state index in [-0.39, 0.29) is 11.3 Å². The summed E-state index contributed by atoms with van der Waals surface area (Å²) in [4.78, 5) is 11.0. The Morgan fingerprint density at radius 2 is 1.68 bits per heavy atom. The Bertz CT molecular complexity index is 831. The van der Waals surface area contributed by atoms with Crippen molar-refractivity contribution in [3.63, 3.8) is 0 Å². The van der Waals surface area contributed by atoms with Crippen LogP contribution >= 0.6 is 0 Å². The lowest BCUT2D eigenvalue weighted by Crippen LogP contribution is -2.16. The zero-order chi connectivity index (χ0) is 18.3. The molecule has 0 heterocycles. The number of unbranched alkanes of at least 4 members (excludes halogenated alkanes) is 1. The third-order valence-corrected chi connectivity index (χ3v) is 5.22. The molecule has 0 bridgehead atoms. The molecule has 0 aliphatic rings. The van der Waals surface area contributed by atoms with Crippen molar-refractivity contribution < 1.29 is 18.3 Å². The van der Waals surface area contributed by atoms with Gasteiger partial charge in [0.15, 0.2) is 0 Å². The first-order valence-corrected chi connectivity index (χ1v) is 9.96. The van der Waals surface area contributed by atoms with E-state index in [9.17, 15) is 13.2 Å². The highest BCUT2D eigenvalue weighted by Crippen LogP contribution is 2.16. The Morgan fingerprint density at radius 1 is 1.04 bits per heavy atom. The van der Waals surface area contributed by atoms with Crippen molar-refractivity contribution in [2.75, 3.05) is 10.5 Å². The van der Waals surface area contributed by atoms with Crippen LogP contribution in [0, 0.1) is 0 Å². The Hall–Kier alpha value is -2.34. The molecule has 2 N–H and O–H groups in total. The number of hydrogen-bond donors (Lipinski definition) is 2. The van der Waals surface area contributed by atoms with Crippen LogP contribution in [0.15, 0.2) is 48.5 Å². The van der Waals surface area contributed by atoms with Gasteiger partial charge in [-0.2, -0.15) is 0 Å². The zero-order valence-electron chi connectivity index (χ0n) is 14.2. The predicted molar refractivity (Wildman–Crippen MR) is 99.6 cm³/mol. The van der Waals surface area contributed by atoms with Crippen molar-refractivity contribution in [2.24, 2.45) is 0 Å². The summed E-state index contributed by atoms with van der Waals surface area (Å²) in [5.41, 5.74) is 2.77. The standard InChI is InChI=1S/C19H23NO4S/c1-2-3-12-25(23,24)20-18-9-5-7-16(14-18)11-10-15-6-4-8-17(13-15)19(21)22/h4-9,13-14,20H,2-3,10-12H2,1H3,(H,21,22). The fraction of sp³-hybridized carbons (Fsp3) is 0.316. The van der Waals surface area contributed by atoms with Gasteiger partial charge in [0.2, 0.25) is 10.0 Å². The van der Waals surface area contributed by atoms with E-state index in [4.69, 9.17) is 5.11 Å². The Labute approximate surface area is 148 Å². The number of anilines is 1. The molecule has 0 saturated carbocycles. The average molecular weight is 361 g/mol. The molecule has 0 radical (unpaired) electrons. The maximum atomic E-state index is 12.0. The molecule has 2 aromatic rings.